The van der Waals surface area contributed by atoms with Gasteiger partial charge < -0.3 is 9.84 Å². The van der Waals surface area contributed by atoms with E-state index in [2.05, 4.69) is 10.3 Å². The van der Waals surface area contributed by atoms with Gasteiger partial charge in [-0.2, -0.15) is 0 Å². The normalized spacial score (nSPS) is 10.8. The van der Waals surface area contributed by atoms with Crippen LogP contribution in [0.5, 0.6) is 5.75 Å². The molecule has 6 heteroatoms. The molecule has 0 radical (unpaired) electrons. The maximum absolute atomic E-state index is 11.0. The van der Waals surface area contributed by atoms with Gasteiger partial charge in [-0.05, 0) is 63.4 Å². The molecule has 0 unspecified atom stereocenters. The molecular weight excluding hydrogens is 332 g/mol. The van der Waals surface area contributed by atoms with Crippen LogP contribution in [0.4, 0.5) is 0 Å². The van der Waals surface area contributed by atoms with Gasteiger partial charge in [0.2, 0.25) is 0 Å². The van der Waals surface area contributed by atoms with Gasteiger partial charge in [-0.3, -0.25) is 0 Å². The van der Waals surface area contributed by atoms with E-state index in [1.165, 1.54) is 0 Å². The Morgan fingerprint density at radius 2 is 1.58 bits per heavy atom. The van der Waals surface area contributed by atoms with Crippen LogP contribution in [-0.2, 0) is 0 Å². The van der Waals surface area contributed by atoms with E-state index in [1.54, 1.807) is 31.4 Å². The number of carbonyl (C=O) groups is 1. The van der Waals surface area contributed by atoms with Crippen LogP contribution in [0.2, 0.25) is 0 Å². The summed E-state index contributed by atoms with van der Waals surface area (Å²) in [4.78, 5) is 11.0. The van der Waals surface area contributed by atoms with Crippen LogP contribution < -0.4 is 4.74 Å². The number of hydrogen-bond acceptors (Lipinski definition) is 5. The number of aromatic nitrogens is 2. The summed E-state index contributed by atoms with van der Waals surface area (Å²) in [6, 6.07) is 18.3. The first-order valence-corrected chi connectivity index (χ1v) is 7.90. The summed E-state index contributed by atoms with van der Waals surface area (Å²) in [7, 11) is 1.62. The summed E-state index contributed by atoms with van der Waals surface area (Å²) < 4.78 is 10.3. The molecule has 0 aliphatic carbocycles. The summed E-state index contributed by atoms with van der Waals surface area (Å²) in [5.41, 5.74) is 5.31. The molecule has 1 aromatic heterocycles. The van der Waals surface area contributed by atoms with Crippen molar-refractivity contribution in [1.29, 1.82) is 0 Å². The summed E-state index contributed by atoms with van der Waals surface area (Å²) >= 11 is 0. The summed E-state index contributed by atoms with van der Waals surface area (Å²) in [5, 5.41) is 16.7. The molecule has 0 saturated heterocycles. The minimum atomic E-state index is -0.943. The predicted octanol–water partition coefficient (Wildman–Crippen LogP) is 4.26. The number of carboxylic acids is 1. The van der Waals surface area contributed by atoms with E-state index in [1.807, 2.05) is 36.4 Å². The summed E-state index contributed by atoms with van der Waals surface area (Å²) in [6.45, 7) is 0. The van der Waals surface area contributed by atoms with Crippen molar-refractivity contribution in [3.05, 3.63) is 66.2 Å². The van der Waals surface area contributed by atoms with Crippen LogP contribution in [-0.4, -0.2) is 28.5 Å². The molecule has 0 spiro atoms. The van der Waals surface area contributed by atoms with Crippen molar-refractivity contribution in [3.8, 4) is 28.0 Å². The lowest BCUT2D eigenvalue weighted by atomic mass is 9.97. The van der Waals surface area contributed by atoms with Gasteiger partial charge in [-0.1, -0.05) is 24.3 Å². The van der Waals surface area contributed by atoms with E-state index in [4.69, 9.17) is 14.5 Å². The highest BCUT2D eigenvalue weighted by Gasteiger charge is 2.11. The number of methoxy groups -OCH3 is 1. The topological polar surface area (TPSA) is 85.5 Å². The van der Waals surface area contributed by atoms with E-state index in [-0.39, 0.29) is 5.56 Å². The molecule has 1 heterocycles. The standard InChI is InChI=1S/C20H14N2O4/c1-25-19-9-7-14(12-2-4-13(5-3-12)20(23)24)10-16(19)15-6-8-17-18(11-15)22-26-21-17/h2-11H,1H3,(H,23,24). The molecule has 0 fully saturated rings. The lowest BCUT2D eigenvalue weighted by Gasteiger charge is -2.11. The van der Waals surface area contributed by atoms with Gasteiger partial charge in [-0.15, -0.1) is 0 Å². The Bertz CT molecular complexity index is 1100. The molecule has 6 nitrogen and oxygen atoms in total. The van der Waals surface area contributed by atoms with Gasteiger partial charge in [0, 0.05) is 5.56 Å². The molecule has 128 valence electrons. The first kappa shape index (κ1) is 15.8. The fourth-order valence-corrected chi connectivity index (χ4v) is 2.87. The Labute approximate surface area is 148 Å². The molecule has 4 rings (SSSR count). The second kappa shape index (κ2) is 6.33. The monoisotopic (exact) mass is 346 g/mol. The lowest BCUT2D eigenvalue weighted by Crippen LogP contribution is -1.95. The fraction of sp³-hybridized carbons (Fsp3) is 0.0500. The van der Waals surface area contributed by atoms with Crippen molar-refractivity contribution in [1.82, 2.24) is 10.3 Å². The Morgan fingerprint density at radius 3 is 2.31 bits per heavy atom. The van der Waals surface area contributed by atoms with Crippen molar-refractivity contribution >= 4 is 17.0 Å². The lowest BCUT2D eigenvalue weighted by molar-refractivity contribution is 0.0697. The zero-order valence-electron chi connectivity index (χ0n) is 13.8. The number of nitrogens with zero attached hydrogens (tertiary/aromatic N) is 2. The van der Waals surface area contributed by atoms with E-state index in [0.717, 1.165) is 28.0 Å². The number of benzene rings is 3. The minimum Gasteiger partial charge on any atom is -0.496 e. The molecule has 1 N–H and O–H groups in total. The summed E-state index contributed by atoms with van der Waals surface area (Å²) in [6.07, 6.45) is 0. The molecular formula is C20H14N2O4. The second-order valence-corrected chi connectivity index (χ2v) is 5.77. The highest BCUT2D eigenvalue weighted by molar-refractivity contribution is 5.89. The third-order valence-electron chi connectivity index (χ3n) is 4.23. The number of fused-ring (bicyclic) bond motifs is 1. The molecule has 0 amide bonds. The molecule has 0 aliphatic heterocycles. The molecule has 4 aromatic rings. The Kier molecular flexibility index (Phi) is 3.85. The van der Waals surface area contributed by atoms with Crippen LogP contribution in [0.25, 0.3) is 33.3 Å². The van der Waals surface area contributed by atoms with Gasteiger partial charge in [-0.25, -0.2) is 9.42 Å². The van der Waals surface area contributed by atoms with Gasteiger partial charge in [0.15, 0.2) is 0 Å². The van der Waals surface area contributed by atoms with Crippen molar-refractivity contribution in [2.24, 2.45) is 0 Å². The second-order valence-electron chi connectivity index (χ2n) is 5.77. The smallest absolute Gasteiger partial charge is 0.335 e. The highest BCUT2D eigenvalue weighted by Crippen LogP contribution is 2.35. The van der Waals surface area contributed by atoms with E-state index >= 15 is 0 Å². The predicted molar refractivity (Wildman–Crippen MR) is 96.2 cm³/mol. The SMILES string of the molecule is COc1ccc(-c2ccc(C(=O)O)cc2)cc1-c1ccc2nonc2c1. The zero-order chi connectivity index (χ0) is 18.1. The number of hydrogen-bond donors (Lipinski definition) is 1. The van der Waals surface area contributed by atoms with E-state index in [9.17, 15) is 4.79 Å². The largest absolute Gasteiger partial charge is 0.496 e. The van der Waals surface area contributed by atoms with Crippen molar-refractivity contribution in [3.63, 3.8) is 0 Å². The number of rotatable bonds is 4. The van der Waals surface area contributed by atoms with E-state index < -0.39 is 5.97 Å². The third-order valence-corrected chi connectivity index (χ3v) is 4.23. The molecule has 3 aromatic carbocycles. The van der Waals surface area contributed by atoms with Crippen LogP contribution in [0.1, 0.15) is 10.4 Å². The van der Waals surface area contributed by atoms with Gasteiger partial charge in [0.1, 0.15) is 16.8 Å². The Morgan fingerprint density at radius 1 is 0.885 bits per heavy atom. The molecule has 0 atom stereocenters. The molecule has 0 aliphatic rings. The van der Waals surface area contributed by atoms with Crippen molar-refractivity contribution < 1.29 is 19.3 Å². The van der Waals surface area contributed by atoms with Crippen LogP contribution in [0, 0.1) is 0 Å². The quantitative estimate of drug-likeness (QED) is 0.594. The average molecular weight is 346 g/mol. The van der Waals surface area contributed by atoms with Crippen LogP contribution >= 0.6 is 0 Å². The van der Waals surface area contributed by atoms with Gasteiger partial charge in [0.25, 0.3) is 0 Å². The van der Waals surface area contributed by atoms with Crippen LogP contribution in [0.3, 0.4) is 0 Å². The summed E-state index contributed by atoms with van der Waals surface area (Å²) in [5.74, 6) is -0.215. The van der Waals surface area contributed by atoms with Crippen LogP contribution in [0.15, 0.2) is 65.3 Å². The number of ether oxygens (including phenoxy) is 1. The molecule has 0 bridgehead atoms. The van der Waals surface area contributed by atoms with Gasteiger partial charge in [0.05, 0.1) is 12.7 Å². The average Bonchev–Trinajstić information content (AvgIpc) is 3.15. The highest BCUT2D eigenvalue weighted by atomic mass is 16.6. The fourth-order valence-electron chi connectivity index (χ4n) is 2.87. The maximum atomic E-state index is 11.0. The van der Waals surface area contributed by atoms with Gasteiger partial charge >= 0.3 is 5.97 Å². The molecule has 0 saturated carbocycles. The van der Waals surface area contributed by atoms with Crippen molar-refractivity contribution in [2.45, 2.75) is 0 Å². The van der Waals surface area contributed by atoms with E-state index in [0.29, 0.717) is 11.0 Å². The Hall–Kier alpha value is -3.67. The zero-order valence-corrected chi connectivity index (χ0v) is 13.8. The minimum absolute atomic E-state index is 0.256. The molecule has 26 heavy (non-hydrogen) atoms. The number of aromatic carboxylic acids is 1. The van der Waals surface area contributed by atoms with Crippen molar-refractivity contribution in [2.75, 3.05) is 7.11 Å². The Balaban J connectivity index is 1.81. The first-order chi connectivity index (χ1) is 12.7. The first-order valence-electron chi connectivity index (χ1n) is 7.90. The maximum Gasteiger partial charge on any atom is 0.335 e. The number of carboxylic acid groups (broad SMARTS) is 1. The third kappa shape index (κ3) is 2.77.